The molecule has 0 bridgehead atoms. The number of benzene rings is 1. The second-order valence-corrected chi connectivity index (χ2v) is 5.39. The lowest BCUT2D eigenvalue weighted by atomic mass is 10.1. The third-order valence-corrected chi connectivity index (χ3v) is 3.81. The average Bonchev–Trinajstić information content (AvgIpc) is 2.82. The second kappa shape index (κ2) is 5.50. The fraction of sp³-hybridized carbons (Fsp3) is 0.500. The van der Waals surface area contributed by atoms with Crippen molar-refractivity contribution in [2.24, 2.45) is 11.7 Å². The quantitative estimate of drug-likeness (QED) is 0.831. The van der Waals surface area contributed by atoms with E-state index in [0.29, 0.717) is 4.99 Å². The Hall–Kier alpha value is -1.09. The van der Waals surface area contributed by atoms with Crippen LogP contribution >= 0.6 is 12.2 Å². The number of anilines is 1. The molecule has 1 aliphatic carbocycles. The summed E-state index contributed by atoms with van der Waals surface area (Å²) in [4.78, 5) is 2.79. The van der Waals surface area contributed by atoms with Gasteiger partial charge in [0.25, 0.3) is 0 Å². The fourth-order valence-corrected chi connectivity index (χ4v) is 2.71. The lowest BCUT2D eigenvalue weighted by Gasteiger charge is -2.23. The first-order valence-corrected chi connectivity index (χ1v) is 6.68. The Morgan fingerprint density at radius 1 is 1.41 bits per heavy atom. The van der Waals surface area contributed by atoms with E-state index in [1.165, 1.54) is 31.4 Å². The molecule has 3 heteroatoms. The van der Waals surface area contributed by atoms with Crippen molar-refractivity contribution in [2.45, 2.75) is 25.7 Å². The van der Waals surface area contributed by atoms with Crippen molar-refractivity contribution in [3.05, 3.63) is 29.8 Å². The summed E-state index contributed by atoms with van der Waals surface area (Å²) in [6, 6.07) is 8.19. The van der Waals surface area contributed by atoms with Crippen molar-refractivity contribution in [3.63, 3.8) is 0 Å². The van der Waals surface area contributed by atoms with Crippen molar-refractivity contribution in [1.29, 1.82) is 0 Å². The van der Waals surface area contributed by atoms with Gasteiger partial charge < -0.3 is 10.6 Å². The van der Waals surface area contributed by atoms with Crippen LogP contribution in [-0.2, 0) is 0 Å². The van der Waals surface area contributed by atoms with Crippen LogP contribution in [0.5, 0.6) is 0 Å². The molecule has 2 nitrogen and oxygen atoms in total. The molecular weight excluding hydrogens is 228 g/mol. The molecule has 0 aromatic heterocycles. The van der Waals surface area contributed by atoms with Crippen molar-refractivity contribution in [1.82, 2.24) is 0 Å². The van der Waals surface area contributed by atoms with Crippen LogP contribution in [0.3, 0.4) is 0 Å². The lowest BCUT2D eigenvalue weighted by Crippen LogP contribution is -2.24. The van der Waals surface area contributed by atoms with Gasteiger partial charge in [0, 0.05) is 24.8 Å². The van der Waals surface area contributed by atoms with E-state index in [4.69, 9.17) is 18.0 Å². The molecule has 1 aromatic carbocycles. The summed E-state index contributed by atoms with van der Waals surface area (Å²) >= 11 is 5.01. The van der Waals surface area contributed by atoms with E-state index in [0.717, 1.165) is 18.0 Å². The van der Waals surface area contributed by atoms with Crippen LogP contribution in [0.4, 0.5) is 5.69 Å². The Labute approximate surface area is 109 Å². The van der Waals surface area contributed by atoms with Crippen LogP contribution in [0.25, 0.3) is 0 Å². The van der Waals surface area contributed by atoms with Crippen molar-refractivity contribution >= 4 is 22.9 Å². The third kappa shape index (κ3) is 3.19. The third-order valence-electron chi connectivity index (χ3n) is 3.58. The topological polar surface area (TPSA) is 29.3 Å². The maximum absolute atomic E-state index is 5.66. The van der Waals surface area contributed by atoms with Gasteiger partial charge in [0.15, 0.2) is 0 Å². The summed E-state index contributed by atoms with van der Waals surface area (Å²) in [6.45, 7) is 1.14. The van der Waals surface area contributed by atoms with E-state index in [1.54, 1.807) is 0 Å². The summed E-state index contributed by atoms with van der Waals surface area (Å²) in [6.07, 6.45) is 5.54. The standard InChI is InChI=1S/C14H20N2S/c1-16(10-11-5-2-3-6-11)13-8-4-7-12(9-13)14(15)17/h4,7-9,11H,2-3,5-6,10H2,1H3,(H2,15,17). The van der Waals surface area contributed by atoms with Crippen LogP contribution in [0, 0.1) is 5.92 Å². The van der Waals surface area contributed by atoms with Crippen LogP contribution in [0.2, 0.25) is 0 Å². The number of rotatable bonds is 4. The van der Waals surface area contributed by atoms with E-state index in [-0.39, 0.29) is 0 Å². The Bertz CT molecular complexity index is 397. The van der Waals surface area contributed by atoms with Crippen LogP contribution < -0.4 is 10.6 Å². The Morgan fingerprint density at radius 2 is 2.12 bits per heavy atom. The number of hydrogen-bond acceptors (Lipinski definition) is 2. The van der Waals surface area contributed by atoms with Gasteiger partial charge in [0.05, 0.1) is 0 Å². The van der Waals surface area contributed by atoms with E-state index < -0.39 is 0 Å². The summed E-state index contributed by atoms with van der Waals surface area (Å²) in [7, 11) is 2.15. The number of nitrogens with zero attached hydrogens (tertiary/aromatic N) is 1. The Morgan fingerprint density at radius 3 is 2.76 bits per heavy atom. The molecule has 1 aromatic rings. The molecule has 17 heavy (non-hydrogen) atoms. The highest BCUT2D eigenvalue weighted by molar-refractivity contribution is 7.80. The van der Waals surface area contributed by atoms with E-state index in [1.807, 2.05) is 12.1 Å². The minimum absolute atomic E-state index is 0.473. The van der Waals surface area contributed by atoms with Crippen LogP contribution in [0.1, 0.15) is 31.2 Å². The van der Waals surface area contributed by atoms with Gasteiger partial charge in [-0.05, 0) is 30.9 Å². The zero-order valence-corrected chi connectivity index (χ0v) is 11.2. The highest BCUT2D eigenvalue weighted by Gasteiger charge is 2.17. The molecule has 0 atom stereocenters. The molecule has 0 spiro atoms. The fourth-order valence-electron chi connectivity index (χ4n) is 2.58. The summed E-state index contributed by atoms with van der Waals surface area (Å²) in [5.74, 6) is 0.855. The molecule has 0 heterocycles. The molecule has 92 valence electrons. The Kier molecular flexibility index (Phi) is 4.00. The van der Waals surface area contributed by atoms with Gasteiger partial charge in [-0.25, -0.2) is 0 Å². The van der Waals surface area contributed by atoms with Gasteiger partial charge in [-0.1, -0.05) is 37.2 Å². The molecular formula is C14H20N2S. The first-order valence-electron chi connectivity index (χ1n) is 6.28. The molecule has 0 saturated heterocycles. The van der Waals surface area contributed by atoms with Crippen molar-refractivity contribution < 1.29 is 0 Å². The van der Waals surface area contributed by atoms with E-state index in [9.17, 15) is 0 Å². The zero-order valence-electron chi connectivity index (χ0n) is 10.4. The predicted molar refractivity (Wildman–Crippen MR) is 77.6 cm³/mol. The van der Waals surface area contributed by atoms with Gasteiger partial charge in [-0.2, -0.15) is 0 Å². The molecule has 2 rings (SSSR count). The van der Waals surface area contributed by atoms with Crippen LogP contribution in [0.15, 0.2) is 24.3 Å². The smallest absolute Gasteiger partial charge is 0.104 e. The van der Waals surface area contributed by atoms with Gasteiger partial charge >= 0.3 is 0 Å². The molecule has 2 N–H and O–H groups in total. The van der Waals surface area contributed by atoms with Gasteiger partial charge in [-0.3, -0.25) is 0 Å². The van der Waals surface area contributed by atoms with E-state index in [2.05, 4.69) is 24.1 Å². The maximum Gasteiger partial charge on any atom is 0.104 e. The minimum Gasteiger partial charge on any atom is -0.389 e. The highest BCUT2D eigenvalue weighted by Crippen LogP contribution is 2.27. The predicted octanol–water partition coefficient (Wildman–Crippen LogP) is 2.95. The zero-order chi connectivity index (χ0) is 12.3. The van der Waals surface area contributed by atoms with Crippen molar-refractivity contribution in [2.75, 3.05) is 18.5 Å². The Balaban J connectivity index is 2.04. The summed E-state index contributed by atoms with van der Waals surface area (Å²) < 4.78 is 0. The molecule has 1 aliphatic rings. The van der Waals surface area contributed by atoms with Gasteiger partial charge in [0.1, 0.15) is 4.99 Å². The second-order valence-electron chi connectivity index (χ2n) is 4.95. The SMILES string of the molecule is CN(CC1CCCC1)c1cccc(C(N)=S)c1. The van der Waals surface area contributed by atoms with Crippen LogP contribution in [-0.4, -0.2) is 18.6 Å². The number of thiocarbonyl (C=S) groups is 1. The molecule has 1 saturated carbocycles. The van der Waals surface area contributed by atoms with Gasteiger partial charge in [-0.15, -0.1) is 0 Å². The first kappa shape index (κ1) is 12.4. The molecule has 0 unspecified atom stereocenters. The van der Waals surface area contributed by atoms with Crippen molar-refractivity contribution in [3.8, 4) is 0 Å². The highest BCUT2D eigenvalue weighted by atomic mass is 32.1. The number of hydrogen-bond donors (Lipinski definition) is 1. The number of nitrogens with two attached hydrogens (primary N) is 1. The minimum atomic E-state index is 0.473. The maximum atomic E-state index is 5.66. The molecule has 0 radical (unpaired) electrons. The molecule has 0 amide bonds. The first-order chi connectivity index (χ1) is 8.16. The summed E-state index contributed by atoms with van der Waals surface area (Å²) in [5.41, 5.74) is 7.82. The summed E-state index contributed by atoms with van der Waals surface area (Å²) in [5, 5.41) is 0. The molecule has 0 aliphatic heterocycles. The monoisotopic (exact) mass is 248 g/mol. The van der Waals surface area contributed by atoms with Gasteiger partial charge in [0.2, 0.25) is 0 Å². The largest absolute Gasteiger partial charge is 0.389 e. The molecule has 1 fully saturated rings. The normalized spacial score (nSPS) is 16.1. The van der Waals surface area contributed by atoms with E-state index >= 15 is 0 Å². The average molecular weight is 248 g/mol. The lowest BCUT2D eigenvalue weighted by molar-refractivity contribution is 0.547.